The number of hydrogen-bond acceptors (Lipinski definition) is 3. The lowest BCUT2D eigenvalue weighted by Crippen LogP contribution is -1.99. The molecule has 0 N–H and O–H groups in total. The molecule has 0 saturated heterocycles. The molecule has 3 nitrogen and oxygen atoms in total. The van der Waals surface area contributed by atoms with Gasteiger partial charge in [-0.3, -0.25) is 4.79 Å². The molecule has 0 aliphatic carbocycles. The Kier molecular flexibility index (Phi) is 5.29. The van der Waals surface area contributed by atoms with Crippen LogP contribution < -0.4 is 5.63 Å². The molecule has 0 radical (unpaired) electrons. The van der Waals surface area contributed by atoms with Crippen molar-refractivity contribution in [3.63, 3.8) is 0 Å². The Hall–Kier alpha value is -2.46. The van der Waals surface area contributed by atoms with Gasteiger partial charge in [0.15, 0.2) is 0 Å². The summed E-state index contributed by atoms with van der Waals surface area (Å²) in [5, 5.41) is 0.815. The molecule has 23 heavy (non-hydrogen) atoms. The summed E-state index contributed by atoms with van der Waals surface area (Å²) in [6.07, 6.45) is 0.664. The normalized spacial score (nSPS) is 10.1. The van der Waals surface area contributed by atoms with Gasteiger partial charge < -0.3 is 4.42 Å². The molecule has 0 atom stereocenters. The number of carbonyl (C=O) groups excluding carboxylic acids is 1. The molecular formula is C18H14ClFO3. The topological polar surface area (TPSA) is 47.3 Å². The molecule has 0 saturated carbocycles. The highest BCUT2D eigenvalue weighted by Gasteiger charge is 2.12. The van der Waals surface area contributed by atoms with Gasteiger partial charge in [-0.05, 0) is 30.3 Å². The van der Waals surface area contributed by atoms with Gasteiger partial charge in [-0.25, -0.2) is 9.18 Å². The van der Waals surface area contributed by atoms with Gasteiger partial charge >= 0.3 is 5.63 Å². The maximum atomic E-state index is 13.2. The van der Waals surface area contributed by atoms with E-state index in [1.54, 1.807) is 12.1 Å². The van der Waals surface area contributed by atoms with Gasteiger partial charge in [0, 0.05) is 28.1 Å². The highest BCUT2D eigenvalue weighted by molar-refractivity contribution is 6.33. The summed E-state index contributed by atoms with van der Waals surface area (Å²) in [5.41, 5.74) is 1.16. The molecule has 0 bridgehead atoms. The van der Waals surface area contributed by atoms with E-state index in [-0.39, 0.29) is 10.6 Å². The fourth-order valence-electron chi connectivity index (χ4n) is 2.18. The van der Waals surface area contributed by atoms with Gasteiger partial charge in [0.2, 0.25) is 0 Å². The van der Waals surface area contributed by atoms with Gasteiger partial charge in [-0.15, -0.1) is 0 Å². The van der Waals surface area contributed by atoms with E-state index in [9.17, 15) is 14.0 Å². The van der Waals surface area contributed by atoms with Crippen LogP contribution in [0.5, 0.6) is 0 Å². The van der Waals surface area contributed by atoms with Crippen molar-refractivity contribution in [1.82, 2.24) is 0 Å². The van der Waals surface area contributed by atoms with E-state index in [1.807, 2.05) is 13.8 Å². The molecule has 1 aromatic heterocycles. The largest absolute Gasteiger partial charge is 0.423 e. The van der Waals surface area contributed by atoms with Gasteiger partial charge in [0.05, 0.1) is 5.02 Å². The molecule has 0 spiro atoms. The van der Waals surface area contributed by atoms with Crippen LogP contribution in [-0.4, -0.2) is 6.29 Å². The molecule has 0 unspecified atom stereocenters. The molecule has 0 fully saturated rings. The van der Waals surface area contributed by atoms with Gasteiger partial charge in [0.1, 0.15) is 17.7 Å². The first-order chi connectivity index (χ1) is 11.1. The molecule has 2 aromatic carbocycles. The van der Waals surface area contributed by atoms with Crippen LogP contribution in [0, 0.1) is 5.82 Å². The Morgan fingerprint density at radius 2 is 1.78 bits per heavy atom. The third-order valence-electron chi connectivity index (χ3n) is 3.13. The second kappa shape index (κ2) is 7.20. The monoisotopic (exact) mass is 332 g/mol. The zero-order chi connectivity index (χ0) is 17.0. The van der Waals surface area contributed by atoms with Crippen molar-refractivity contribution >= 4 is 28.9 Å². The molecule has 0 aliphatic rings. The van der Waals surface area contributed by atoms with E-state index in [4.69, 9.17) is 16.0 Å². The average molecular weight is 333 g/mol. The first kappa shape index (κ1) is 16.9. The van der Waals surface area contributed by atoms with Crippen LogP contribution in [0.2, 0.25) is 5.02 Å². The number of benzene rings is 2. The van der Waals surface area contributed by atoms with Crippen molar-refractivity contribution < 1.29 is 13.6 Å². The molecule has 0 amide bonds. The minimum absolute atomic E-state index is 0.196. The van der Waals surface area contributed by atoms with Crippen LogP contribution in [0.3, 0.4) is 0 Å². The van der Waals surface area contributed by atoms with Gasteiger partial charge in [0.25, 0.3) is 0 Å². The lowest BCUT2D eigenvalue weighted by molar-refractivity contribution is 0.112. The maximum absolute atomic E-state index is 13.2. The minimum Gasteiger partial charge on any atom is -0.423 e. The number of fused-ring (bicyclic) bond motifs is 1. The second-order valence-corrected chi connectivity index (χ2v) is 4.88. The lowest BCUT2D eigenvalue weighted by Gasteiger charge is -2.08. The van der Waals surface area contributed by atoms with Crippen LogP contribution in [-0.2, 0) is 0 Å². The summed E-state index contributed by atoms with van der Waals surface area (Å²) in [6, 6.07) is 9.98. The van der Waals surface area contributed by atoms with Gasteiger partial charge in [-0.1, -0.05) is 31.5 Å². The van der Waals surface area contributed by atoms with Crippen molar-refractivity contribution in [2.45, 2.75) is 13.8 Å². The Morgan fingerprint density at radius 1 is 1.04 bits per heavy atom. The Bertz CT molecular complexity index is 916. The summed E-state index contributed by atoms with van der Waals surface area (Å²) in [5.74, 6) is -0.459. The third-order valence-corrected chi connectivity index (χ3v) is 3.44. The predicted molar refractivity (Wildman–Crippen MR) is 89.6 cm³/mol. The van der Waals surface area contributed by atoms with E-state index in [0.29, 0.717) is 28.4 Å². The Balaban J connectivity index is 0.000000924. The Labute approximate surface area is 137 Å². The van der Waals surface area contributed by atoms with E-state index < -0.39 is 11.4 Å². The molecule has 3 aromatic rings. The summed E-state index contributed by atoms with van der Waals surface area (Å²) in [6.45, 7) is 4.00. The zero-order valence-electron chi connectivity index (χ0n) is 12.6. The van der Waals surface area contributed by atoms with Crippen molar-refractivity contribution in [2.24, 2.45) is 0 Å². The maximum Gasteiger partial charge on any atom is 0.336 e. The van der Waals surface area contributed by atoms with Crippen molar-refractivity contribution in [3.05, 3.63) is 69.3 Å². The SMILES string of the molecule is CC.O=Cc1ccc2c(-c3ccc(F)cc3Cl)cc(=O)oc2c1. The molecular weight excluding hydrogens is 319 g/mol. The van der Waals surface area contributed by atoms with Crippen molar-refractivity contribution in [3.8, 4) is 11.1 Å². The summed E-state index contributed by atoms with van der Waals surface area (Å²) in [4.78, 5) is 22.5. The summed E-state index contributed by atoms with van der Waals surface area (Å²) < 4.78 is 18.2. The molecule has 3 rings (SSSR count). The Morgan fingerprint density at radius 3 is 2.43 bits per heavy atom. The number of halogens is 2. The van der Waals surface area contributed by atoms with Crippen LogP contribution in [0.25, 0.3) is 22.1 Å². The van der Waals surface area contributed by atoms with Gasteiger partial charge in [-0.2, -0.15) is 0 Å². The smallest absolute Gasteiger partial charge is 0.336 e. The van der Waals surface area contributed by atoms with E-state index >= 15 is 0 Å². The molecule has 118 valence electrons. The van der Waals surface area contributed by atoms with E-state index in [1.165, 1.54) is 30.3 Å². The first-order valence-electron chi connectivity index (χ1n) is 7.07. The van der Waals surface area contributed by atoms with Crippen LogP contribution >= 0.6 is 11.6 Å². The number of aldehydes is 1. The van der Waals surface area contributed by atoms with Crippen LogP contribution in [0.15, 0.2) is 51.7 Å². The van der Waals surface area contributed by atoms with E-state index in [0.717, 1.165) is 0 Å². The standard InChI is InChI=1S/C16H8ClFO3.C2H6/c17-14-6-10(18)2-4-11(14)13-7-16(20)21-15-5-9(8-19)1-3-12(13)15;1-2/h1-8H;1-2H3. The molecule has 5 heteroatoms. The number of carbonyl (C=O) groups is 1. The zero-order valence-corrected chi connectivity index (χ0v) is 13.4. The van der Waals surface area contributed by atoms with E-state index in [2.05, 4.69) is 0 Å². The van der Waals surface area contributed by atoms with Crippen molar-refractivity contribution in [2.75, 3.05) is 0 Å². The lowest BCUT2D eigenvalue weighted by atomic mass is 10.0. The predicted octanol–water partition coefficient (Wildman–Crippen LogP) is 5.09. The summed E-state index contributed by atoms with van der Waals surface area (Å²) >= 11 is 6.05. The molecule has 1 heterocycles. The first-order valence-corrected chi connectivity index (χ1v) is 7.45. The third kappa shape index (κ3) is 3.48. The minimum atomic E-state index is -0.569. The fourth-order valence-corrected chi connectivity index (χ4v) is 2.45. The fraction of sp³-hybridized carbons (Fsp3) is 0.111. The van der Waals surface area contributed by atoms with Crippen LogP contribution in [0.4, 0.5) is 4.39 Å². The highest BCUT2D eigenvalue weighted by Crippen LogP contribution is 2.33. The quantitative estimate of drug-likeness (QED) is 0.485. The van der Waals surface area contributed by atoms with Crippen molar-refractivity contribution in [1.29, 1.82) is 0 Å². The number of rotatable bonds is 2. The second-order valence-electron chi connectivity index (χ2n) is 4.48. The average Bonchev–Trinajstić information content (AvgIpc) is 2.55. The highest BCUT2D eigenvalue weighted by atomic mass is 35.5. The van der Waals surface area contributed by atoms with Crippen LogP contribution in [0.1, 0.15) is 24.2 Å². The number of hydrogen-bond donors (Lipinski definition) is 0. The summed E-state index contributed by atoms with van der Waals surface area (Å²) in [7, 11) is 0. The molecule has 0 aliphatic heterocycles.